The summed E-state index contributed by atoms with van der Waals surface area (Å²) in [6, 6.07) is 5.91. The van der Waals surface area contributed by atoms with Crippen LogP contribution in [0.3, 0.4) is 0 Å². The van der Waals surface area contributed by atoms with Gasteiger partial charge in [0.05, 0.1) is 11.3 Å². The number of carboxylic acids is 1. The van der Waals surface area contributed by atoms with Crippen molar-refractivity contribution in [3.05, 3.63) is 52.4 Å². The largest absolute Gasteiger partial charge is 0.478 e. The first-order valence-electron chi connectivity index (χ1n) is 5.47. The molecule has 0 radical (unpaired) electrons. The van der Waals surface area contributed by atoms with E-state index in [1.165, 1.54) is 12.1 Å². The van der Waals surface area contributed by atoms with Crippen molar-refractivity contribution in [1.29, 1.82) is 0 Å². The Hall–Kier alpha value is -2.00. The Morgan fingerprint density at radius 1 is 1.29 bits per heavy atom. The fourth-order valence-electron chi connectivity index (χ4n) is 1.44. The number of rotatable bonds is 4. The zero-order valence-electron chi connectivity index (χ0n) is 10.2. The van der Waals surface area contributed by atoms with Gasteiger partial charge in [0, 0.05) is 10.7 Å². The van der Waals surface area contributed by atoms with Crippen LogP contribution in [-0.4, -0.2) is 24.5 Å². The standard InChI is InChI=1S/C12H8BrFN2O4S/c13-8-2-3-9(14)10(5-8)16-21(19,20)11-4-1-7(6-15-11)12(17)18/h1-6,16H,(H,17,18). The van der Waals surface area contributed by atoms with E-state index in [0.717, 1.165) is 24.4 Å². The van der Waals surface area contributed by atoms with E-state index in [0.29, 0.717) is 4.47 Å². The van der Waals surface area contributed by atoms with Crippen LogP contribution in [0.5, 0.6) is 0 Å². The third-order valence-corrected chi connectivity index (χ3v) is 4.21. The number of hydrogen-bond acceptors (Lipinski definition) is 4. The van der Waals surface area contributed by atoms with E-state index < -0.39 is 26.8 Å². The Kier molecular flexibility index (Phi) is 4.24. The molecule has 0 aliphatic carbocycles. The van der Waals surface area contributed by atoms with Crippen molar-refractivity contribution in [3.8, 4) is 0 Å². The molecule has 0 bridgehead atoms. The summed E-state index contributed by atoms with van der Waals surface area (Å²) in [4.78, 5) is 14.2. The predicted octanol–water partition coefficient (Wildman–Crippen LogP) is 2.48. The summed E-state index contributed by atoms with van der Waals surface area (Å²) < 4.78 is 40.2. The lowest BCUT2D eigenvalue weighted by Crippen LogP contribution is -2.15. The Balaban J connectivity index is 2.34. The van der Waals surface area contributed by atoms with Crippen LogP contribution < -0.4 is 4.72 Å². The Labute approximate surface area is 127 Å². The molecule has 9 heteroatoms. The molecule has 110 valence electrons. The zero-order valence-corrected chi connectivity index (χ0v) is 12.6. The first-order chi connectivity index (χ1) is 9.79. The quantitative estimate of drug-likeness (QED) is 0.856. The van der Waals surface area contributed by atoms with Crippen LogP contribution >= 0.6 is 15.9 Å². The van der Waals surface area contributed by atoms with Gasteiger partial charge in [-0.3, -0.25) is 4.72 Å². The van der Waals surface area contributed by atoms with Crippen LogP contribution in [-0.2, 0) is 10.0 Å². The molecule has 6 nitrogen and oxygen atoms in total. The van der Waals surface area contributed by atoms with Crippen LogP contribution in [0.1, 0.15) is 10.4 Å². The maximum Gasteiger partial charge on any atom is 0.337 e. The second kappa shape index (κ2) is 5.78. The SMILES string of the molecule is O=C(O)c1ccc(S(=O)(=O)Nc2cc(Br)ccc2F)nc1. The van der Waals surface area contributed by atoms with Crippen molar-refractivity contribution in [2.75, 3.05) is 4.72 Å². The van der Waals surface area contributed by atoms with Crippen molar-refractivity contribution in [1.82, 2.24) is 4.98 Å². The number of nitrogens with one attached hydrogen (secondary N) is 1. The van der Waals surface area contributed by atoms with Crippen LogP contribution in [0.4, 0.5) is 10.1 Å². The molecule has 0 atom stereocenters. The molecule has 0 fully saturated rings. The molecule has 0 unspecified atom stereocenters. The molecule has 1 heterocycles. The highest BCUT2D eigenvalue weighted by molar-refractivity contribution is 9.10. The lowest BCUT2D eigenvalue weighted by atomic mass is 10.3. The smallest absolute Gasteiger partial charge is 0.337 e. The molecular formula is C12H8BrFN2O4S. The molecule has 0 aliphatic heterocycles. The van der Waals surface area contributed by atoms with Gasteiger partial charge in [-0.05, 0) is 30.3 Å². The Bertz CT molecular complexity index is 793. The summed E-state index contributed by atoms with van der Waals surface area (Å²) in [6.45, 7) is 0. The van der Waals surface area contributed by atoms with Crippen LogP contribution in [0.15, 0.2) is 46.0 Å². The Morgan fingerprint density at radius 3 is 2.57 bits per heavy atom. The second-order valence-corrected chi connectivity index (χ2v) is 6.46. The topological polar surface area (TPSA) is 96.4 Å². The molecule has 2 rings (SSSR count). The van der Waals surface area contributed by atoms with Gasteiger partial charge in [-0.1, -0.05) is 15.9 Å². The summed E-state index contributed by atoms with van der Waals surface area (Å²) in [5.74, 6) is -1.97. The number of carbonyl (C=O) groups is 1. The maximum atomic E-state index is 13.5. The maximum absolute atomic E-state index is 13.5. The third-order valence-electron chi connectivity index (χ3n) is 2.43. The number of pyridine rings is 1. The number of aromatic carboxylic acids is 1. The van der Waals surface area contributed by atoms with E-state index in [-0.39, 0.29) is 11.3 Å². The highest BCUT2D eigenvalue weighted by Gasteiger charge is 2.18. The zero-order chi connectivity index (χ0) is 15.6. The molecule has 1 aromatic carbocycles. The monoisotopic (exact) mass is 374 g/mol. The van der Waals surface area contributed by atoms with Crippen molar-refractivity contribution in [2.45, 2.75) is 5.03 Å². The number of nitrogens with zero attached hydrogens (tertiary/aromatic N) is 1. The van der Waals surface area contributed by atoms with Crippen LogP contribution in [0.25, 0.3) is 0 Å². The van der Waals surface area contributed by atoms with Gasteiger partial charge in [-0.2, -0.15) is 8.42 Å². The molecule has 0 saturated heterocycles. The molecule has 2 N–H and O–H groups in total. The third kappa shape index (κ3) is 3.56. The van der Waals surface area contributed by atoms with Crippen molar-refractivity contribution < 1.29 is 22.7 Å². The number of halogens is 2. The Morgan fingerprint density at radius 2 is 2.00 bits per heavy atom. The molecule has 0 spiro atoms. The van der Waals surface area contributed by atoms with Gasteiger partial charge in [0.15, 0.2) is 5.03 Å². The minimum absolute atomic E-state index is 0.150. The fourth-order valence-corrected chi connectivity index (χ4v) is 2.79. The average Bonchev–Trinajstić information content (AvgIpc) is 2.43. The molecule has 21 heavy (non-hydrogen) atoms. The number of hydrogen-bond donors (Lipinski definition) is 2. The number of aromatic nitrogens is 1. The highest BCUT2D eigenvalue weighted by Crippen LogP contribution is 2.22. The normalized spacial score (nSPS) is 11.1. The van der Waals surface area contributed by atoms with Crippen molar-refractivity contribution in [3.63, 3.8) is 0 Å². The first kappa shape index (κ1) is 15.4. The fraction of sp³-hybridized carbons (Fsp3) is 0. The summed E-state index contributed by atoms with van der Waals surface area (Å²) in [7, 11) is -4.11. The van der Waals surface area contributed by atoms with E-state index in [1.54, 1.807) is 0 Å². The van der Waals surface area contributed by atoms with E-state index in [2.05, 4.69) is 20.9 Å². The minimum Gasteiger partial charge on any atom is -0.478 e. The van der Waals surface area contributed by atoms with Gasteiger partial charge in [0.1, 0.15) is 5.82 Å². The summed E-state index contributed by atoms with van der Waals surface area (Å²) >= 11 is 3.10. The van der Waals surface area contributed by atoms with Crippen LogP contribution in [0, 0.1) is 5.82 Å². The molecule has 2 aromatic rings. The molecule has 1 aromatic heterocycles. The minimum atomic E-state index is -4.11. The average molecular weight is 375 g/mol. The number of carboxylic acid groups (broad SMARTS) is 1. The van der Waals surface area contributed by atoms with E-state index >= 15 is 0 Å². The summed E-state index contributed by atoms with van der Waals surface area (Å²) in [5, 5.41) is 8.31. The van der Waals surface area contributed by atoms with Gasteiger partial charge in [-0.15, -0.1) is 0 Å². The predicted molar refractivity (Wildman–Crippen MR) is 76.1 cm³/mol. The number of benzene rings is 1. The molecule has 0 saturated carbocycles. The summed E-state index contributed by atoms with van der Waals surface area (Å²) in [5.41, 5.74) is -0.393. The number of sulfonamides is 1. The van der Waals surface area contributed by atoms with Crippen molar-refractivity contribution >= 4 is 37.6 Å². The molecule has 0 amide bonds. The van der Waals surface area contributed by atoms with Gasteiger partial charge in [-0.25, -0.2) is 14.2 Å². The van der Waals surface area contributed by atoms with E-state index in [4.69, 9.17) is 5.11 Å². The van der Waals surface area contributed by atoms with E-state index in [9.17, 15) is 17.6 Å². The molecule has 0 aliphatic rings. The van der Waals surface area contributed by atoms with Gasteiger partial charge in [0.25, 0.3) is 10.0 Å². The van der Waals surface area contributed by atoms with Gasteiger partial charge < -0.3 is 5.11 Å². The summed E-state index contributed by atoms with van der Waals surface area (Å²) in [6.07, 6.45) is 0.911. The van der Waals surface area contributed by atoms with Gasteiger partial charge >= 0.3 is 5.97 Å². The highest BCUT2D eigenvalue weighted by atomic mass is 79.9. The molecular weight excluding hydrogens is 367 g/mol. The number of anilines is 1. The lowest BCUT2D eigenvalue weighted by molar-refractivity contribution is 0.0696. The first-order valence-corrected chi connectivity index (χ1v) is 7.74. The lowest BCUT2D eigenvalue weighted by Gasteiger charge is -2.08. The van der Waals surface area contributed by atoms with E-state index in [1.807, 2.05) is 4.72 Å². The second-order valence-electron chi connectivity index (χ2n) is 3.92. The van der Waals surface area contributed by atoms with Crippen LogP contribution in [0.2, 0.25) is 0 Å². The van der Waals surface area contributed by atoms with Gasteiger partial charge in [0.2, 0.25) is 0 Å². The van der Waals surface area contributed by atoms with Crippen molar-refractivity contribution in [2.24, 2.45) is 0 Å².